The van der Waals surface area contributed by atoms with Gasteiger partial charge < -0.3 is 23.4 Å². The second-order valence-electron chi connectivity index (χ2n) is 5.44. The van der Waals surface area contributed by atoms with Crippen LogP contribution in [0.15, 0.2) is 16.5 Å². The number of morpholine rings is 1. The van der Waals surface area contributed by atoms with Crippen LogP contribution in [-0.4, -0.2) is 54.3 Å². The Labute approximate surface area is 133 Å². The molecular formula is C16H20N2O5. The highest BCUT2D eigenvalue weighted by molar-refractivity contribution is 5.95. The summed E-state index contributed by atoms with van der Waals surface area (Å²) in [6.45, 7) is 6.17. The van der Waals surface area contributed by atoms with Gasteiger partial charge in [0.2, 0.25) is 5.91 Å². The number of nitrogens with zero attached hydrogens (tertiary/aromatic N) is 2. The quantitative estimate of drug-likeness (QED) is 0.800. The maximum Gasteiger partial charge on any atom is 0.355 e. The Morgan fingerprint density at radius 2 is 2.00 bits per heavy atom. The van der Waals surface area contributed by atoms with Gasteiger partial charge in [0.05, 0.1) is 25.3 Å². The van der Waals surface area contributed by atoms with Crippen molar-refractivity contribution in [3.63, 3.8) is 0 Å². The third kappa shape index (κ3) is 3.10. The predicted octanol–water partition coefficient (Wildman–Crippen LogP) is 1.58. The minimum atomic E-state index is -0.452. The van der Waals surface area contributed by atoms with Crippen LogP contribution >= 0.6 is 0 Å². The molecule has 7 nitrogen and oxygen atoms in total. The summed E-state index contributed by atoms with van der Waals surface area (Å²) in [5, 5.41) is 0. The maximum atomic E-state index is 12.5. The first-order valence-electron chi connectivity index (χ1n) is 7.72. The summed E-state index contributed by atoms with van der Waals surface area (Å²) < 4.78 is 17.6. The van der Waals surface area contributed by atoms with E-state index in [4.69, 9.17) is 13.9 Å². The molecule has 124 valence electrons. The summed E-state index contributed by atoms with van der Waals surface area (Å²) in [6.07, 6.45) is 0. The van der Waals surface area contributed by atoms with E-state index in [0.717, 1.165) is 11.3 Å². The number of esters is 1. The lowest BCUT2D eigenvalue weighted by atomic mass is 10.3. The van der Waals surface area contributed by atoms with Crippen LogP contribution in [-0.2, 0) is 20.8 Å². The lowest BCUT2D eigenvalue weighted by Gasteiger charge is -2.27. The topological polar surface area (TPSA) is 73.9 Å². The van der Waals surface area contributed by atoms with Crippen molar-refractivity contribution in [2.75, 3.05) is 32.9 Å². The van der Waals surface area contributed by atoms with Gasteiger partial charge in [-0.25, -0.2) is 4.79 Å². The van der Waals surface area contributed by atoms with Crippen molar-refractivity contribution >= 4 is 23.0 Å². The van der Waals surface area contributed by atoms with Crippen LogP contribution in [0, 0.1) is 6.92 Å². The third-order valence-corrected chi connectivity index (χ3v) is 3.85. The van der Waals surface area contributed by atoms with E-state index in [1.165, 1.54) is 0 Å². The maximum absolute atomic E-state index is 12.5. The Bertz CT molecular complexity index is 724. The lowest BCUT2D eigenvalue weighted by molar-refractivity contribution is -0.135. The second-order valence-corrected chi connectivity index (χ2v) is 5.44. The highest BCUT2D eigenvalue weighted by Crippen LogP contribution is 2.24. The number of amides is 1. The van der Waals surface area contributed by atoms with E-state index in [1.807, 2.05) is 13.0 Å². The number of carbonyl (C=O) groups is 2. The van der Waals surface area contributed by atoms with Gasteiger partial charge in [0.15, 0.2) is 5.58 Å². The molecule has 0 spiro atoms. The van der Waals surface area contributed by atoms with Gasteiger partial charge in [0.1, 0.15) is 18.0 Å². The highest BCUT2D eigenvalue weighted by Gasteiger charge is 2.24. The molecule has 1 aliphatic heterocycles. The number of fused-ring (bicyclic) bond motifs is 1. The zero-order chi connectivity index (χ0) is 16.4. The van der Waals surface area contributed by atoms with Gasteiger partial charge in [-0.05, 0) is 13.8 Å². The standard InChI is InChI=1S/C16H20N2O5/c1-3-22-16(20)13-9-14-12(8-11(2)23-14)18(13)10-15(19)17-4-6-21-7-5-17/h8-9H,3-7,10H2,1-2H3. The van der Waals surface area contributed by atoms with Crippen LogP contribution < -0.4 is 0 Å². The smallest absolute Gasteiger partial charge is 0.355 e. The minimum absolute atomic E-state index is 0.0461. The fourth-order valence-corrected chi connectivity index (χ4v) is 2.76. The zero-order valence-corrected chi connectivity index (χ0v) is 13.3. The van der Waals surface area contributed by atoms with Gasteiger partial charge >= 0.3 is 5.97 Å². The Morgan fingerprint density at radius 3 is 2.70 bits per heavy atom. The van der Waals surface area contributed by atoms with Crippen LogP contribution in [0.2, 0.25) is 0 Å². The normalized spacial score (nSPS) is 15.1. The highest BCUT2D eigenvalue weighted by atomic mass is 16.5. The molecule has 0 bridgehead atoms. The molecule has 1 aliphatic rings. The number of hydrogen-bond acceptors (Lipinski definition) is 5. The molecular weight excluding hydrogens is 300 g/mol. The van der Waals surface area contributed by atoms with Crippen LogP contribution in [0.1, 0.15) is 23.2 Å². The molecule has 0 aliphatic carbocycles. The molecule has 1 saturated heterocycles. The average molecular weight is 320 g/mol. The average Bonchev–Trinajstić information content (AvgIpc) is 3.06. The first kappa shape index (κ1) is 15.6. The van der Waals surface area contributed by atoms with Crippen molar-refractivity contribution in [3.8, 4) is 0 Å². The Kier molecular flexibility index (Phi) is 4.38. The molecule has 0 radical (unpaired) electrons. The van der Waals surface area contributed by atoms with Crippen LogP contribution in [0.3, 0.4) is 0 Å². The van der Waals surface area contributed by atoms with Crippen LogP contribution in [0.25, 0.3) is 11.1 Å². The van der Waals surface area contributed by atoms with Gasteiger partial charge in [0.25, 0.3) is 0 Å². The van der Waals surface area contributed by atoms with E-state index < -0.39 is 5.97 Å². The molecule has 7 heteroatoms. The molecule has 0 atom stereocenters. The largest absolute Gasteiger partial charge is 0.461 e. The molecule has 0 unspecified atom stereocenters. The second kappa shape index (κ2) is 6.45. The molecule has 2 aromatic rings. The summed E-state index contributed by atoms with van der Waals surface area (Å²) in [5.74, 6) is 0.236. The lowest BCUT2D eigenvalue weighted by Crippen LogP contribution is -2.42. The molecule has 2 aromatic heterocycles. The summed E-state index contributed by atoms with van der Waals surface area (Å²) in [5.41, 5.74) is 1.65. The van der Waals surface area contributed by atoms with E-state index in [2.05, 4.69) is 0 Å². The Morgan fingerprint density at radius 1 is 1.26 bits per heavy atom. The number of aryl methyl sites for hydroxylation is 1. The Balaban J connectivity index is 1.91. The molecule has 3 heterocycles. The zero-order valence-electron chi connectivity index (χ0n) is 13.3. The first-order valence-corrected chi connectivity index (χ1v) is 7.72. The summed E-state index contributed by atoms with van der Waals surface area (Å²) in [7, 11) is 0. The minimum Gasteiger partial charge on any atom is -0.461 e. The fourth-order valence-electron chi connectivity index (χ4n) is 2.76. The third-order valence-electron chi connectivity index (χ3n) is 3.85. The number of ether oxygens (including phenoxy) is 2. The van der Waals surface area contributed by atoms with Crippen molar-refractivity contribution in [2.45, 2.75) is 20.4 Å². The predicted molar refractivity (Wildman–Crippen MR) is 82.3 cm³/mol. The van der Waals surface area contributed by atoms with Crippen molar-refractivity contribution < 1.29 is 23.5 Å². The molecule has 1 fully saturated rings. The number of hydrogen-bond donors (Lipinski definition) is 0. The molecule has 0 N–H and O–H groups in total. The number of aromatic nitrogens is 1. The molecule has 23 heavy (non-hydrogen) atoms. The number of furan rings is 1. The van der Waals surface area contributed by atoms with E-state index in [9.17, 15) is 9.59 Å². The van der Waals surface area contributed by atoms with Gasteiger partial charge in [-0.3, -0.25) is 4.79 Å². The Hall–Kier alpha value is -2.28. The van der Waals surface area contributed by atoms with Gasteiger partial charge in [-0.1, -0.05) is 0 Å². The molecule has 0 saturated carbocycles. The van der Waals surface area contributed by atoms with E-state index in [1.54, 1.807) is 22.5 Å². The summed E-state index contributed by atoms with van der Waals surface area (Å²) in [6, 6.07) is 3.46. The SMILES string of the molecule is CCOC(=O)c1cc2oc(C)cc2n1CC(=O)N1CCOCC1. The van der Waals surface area contributed by atoms with E-state index in [0.29, 0.717) is 37.6 Å². The van der Waals surface area contributed by atoms with Gasteiger partial charge in [0, 0.05) is 25.2 Å². The number of rotatable bonds is 4. The summed E-state index contributed by atoms with van der Waals surface area (Å²) in [4.78, 5) is 26.4. The van der Waals surface area contributed by atoms with E-state index >= 15 is 0 Å². The monoisotopic (exact) mass is 320 g/mol. The van der Waals surface area contributed by atoms with Crippen molar-refractivity contribution in [2.24, 2.45) is 0 Å². The number of carbonyl (C=O) groups excluding carboxylic acids is 2. The summed E-state index contributed by atoms with van der Waals surface area (Å²) >= 11 is 0. The fraction of sp³-hybridized carbons (Fsp3) is 0.500. The van der Waals surface area contributed by atoms with Gasteiger partial charge in [-0.2, -0.15) is 0 Å². The van der Waals surface area contributed by atoms with Crippen LogP contribution in [0.4, 0.5) is 0 Å². The van der Waals surface area contributed by atoms with Crippen molar-refractivity contribution in [1.29, 1.82) is 0 Å². The van der Waals surface area contributed by atoms with Crippen LogP contribution in [0.5, 0.6) is 0 Å². The van der Waals surface area contributed by atoms with Crippen molar-refractivity contribution in [1.82, 2.24) is 9.47 Å². The molecule has 1 amide bonds. The van der Waals surface area contributed by atoms with Gasteiger partial charge in [-0.15, -0.1) is 0 Å². The van der Waals surface area contributed by atoms with Crippen molar-refractivity contribution in [3.05, 3.63) is 23.6 Å². The molecule has 3 rings (SSSR count). The molecule has 0 aromatic carbocycles. The first-order chi connectivity index (χ1) is 11.1. The van der Waals surface area contributed by atoms with E-state index in [-0.39, 0.29) is 19.1 Å².